The lowest BCUT2D eigenvalue weighted by Crippen LogP contribution is -2.31. The molecule has 1 aromatic heterocycles. The van der Waals surface area contributed by atoms with Gasteiger partial charge in [-0.25, -0.2) is 4.39 Å². The van der Waals surface area contributed by atoms with Gasteiger partial charge >= 0.3 is 0 Å². The van der Waals surface area contributed by atoms with E-state index in [0.717, 1.165) is 0 Å². The molecule has 0 spiro atoms. The molecule has 0 fully saturated rings. The first-order chi connectivity index (χ1) is 11.0. The van der Waals surface area contributed by atoms with E-state index in [2.05, 4.69) is 31.7 Å². The lowest BCUT2D eigenvalue weighted by atomic mass is 10.2. The van der Waals surface area contributed by atoms with E-state index in [1.807, 2.05) is 0 Å². The monoisotopic (exact) mass is 420 g/mol. The minimum Gasteiger partial charge on any atom is -0.383 e. The minimum atomic E-state index is -0.365. The van der Waals surface area contributed by atoms with Crippen LogP contribution < -0.4 is 10.6 Å². The van der Waals surface area contributed by atoms with E-state index >= 15 is 0 Å². The maximum atomic E-state index is 13.8. The fraction of sp³-hybridized carbons (Fsp3) is 0.286. The Morgan fingerprint density at radius 1 is 1.52 bits per heavy atom. The first-order valence-corrected chi connectivity index (χ1v) is 8.29. The Kier molecular flexibility index (Phi) is 6.76. The van der Waals surface area contributed by atoms with Gasteiger partial charge in [0.2, 0.25) is 0 Å². The van der Waals surface area contributed by atoms with Crippen molar-refractivity contribution >= 4 is 50.7 Å². The molecular weight excluding hydrogens is 407 g/mol. The number of benzene rings is 1. The molecule has 0 unspecified atom stereocenters. The number of hydrogen-bond donors (Lipinski definition) is 2. The van der Waals surface area contributed by atoms with Crippen LogP contribution >= 0.6 is 39.7 Å². The third-order valence-electron chi connectivity index (χ3n) is 2.92. The molecule has 0 aliphatic rings. The number of thiocarbonyl (C=S) groups is 1. The molecule has 2 rings (SSSR count). The second-order valence-corrected chi connectivity index (χ2v) is 6.27. The van der Waals surface area contributed by atoms with Crippen LogP contribution in [0.25, 0.3) is 0 Å². The summed E-state index contributed by atoms with van der Waals surface area (Å²) in [5.41, 5.74) is 0.386. The molecule has 0 saturated heterocycles. The van der Waals surface area contributed by atoms with Gasteiger partial charge in [-0.3, -0.25) is 4.68 Å². The summed E-state index contributed by atoms with van der Waals surface area (Å²) in [5.74, 6) is 0.169. The number of anilines is 1. The van der Waals surface area contributed by atoms with Gasteiger partial charge in [0.1, 0.15) is 5.82 Å². The van der Waals surface area contributed by atoms with E-state index in [0.29, 0.717) is 39.1 Å². The number of methoxy groups -OCH3 is 1. The molecule has 2 N–H and O–H groups in total. The zero-order chi connectivity index (χ0) is 16.8. The predicted molar refractivity (Wildman–Crippen MR) is 96.5 cm³/mol. The molecule has 0 aliphatic carbocycles. The number of aromatic nitrogens is 2. The van der Waals surface area contributed by atoms with Crippen molar-refractivity contribution in [3.63, 3.8) is 0 Å². The number of rotatable bonds is 6. The summed E-state index contributed by atoms with van der Waals surface area (Å²) < 4.78 is 21.1. The smallest absolute Gasteiger partial charge is 0.172 e. The van der Waals surface area contributed by atoms with Gasteiger partial charge in [0.15, 0.2) is 10.9 Å². The van der Waals surface area contributed by atoms with Crippen molar-refractivity contribution in [3.05, 3.63) is 45.3 Å². The summed E-state index contributed by atoms with van der Waals surface area (Å²) in [7, 11) is 1.62. The Morgan fingerprint density at radius 2 is 2.30 bits per heavy atom. The van der Waals surface area contributed by atoms with Crippen molar-refractivity contribution in [1.82, 2.24) is 15.1 Å². The van der Waals surface area contributed by atoms with Crippen molar-refractivity contribution in [2.24, 2.45) is 0 Å². The molecule has 124 valence electrons. The SMILES string of the molecule is COCCNC(=S)Nc1nn(Cc2c(F)cccc2Cl)cc1Br. The normalized spacial score (nSPS) is 10.6. The molecule has 5 nitrogen and oxygen atoms in total. The zero-order valence-corrected chi connectivity index (χ0v) is 15.4. The largest absolute Gasteiger partial charge is 0.383 e. The van der Waals surface area contributed by atoms with Gasteiger partial charge in [0, 0.05) is 30.4 Å². The highest BCUT2D eigenvalue weighted by Gasteiger charge is 2.12. The van der Waals surface area contributed by atoms with Crippen molar-refractivity contribution in [2.75, 3.05) is 25.6 Å². The van der Waals surface area contributed by atoms with Crippen molar-refractivity contribution in [2.45, 2.75) is 6.54 Å². The summed E-state index contributed by atoms with van der Waals surface area (Å²) >= 11 is 14.6. The molecule has 23 heavy (non-hydrogen) atoms. The van der Waals surface area contributed by atoms with Crippen LogP contribution in [0.15, 0.2) is 28.9 Å². The number of nitrogens with one attached hydrogen (secondary N) is 2. The molecule has 0 atom stereocenters. The van der Waals surface area contributed by atoms with E-state index in [1.54, 1.807) is 30.1 Å². The first kappa shape index (κ1) is 18.1. The van der Waals surface area contributed by atoms with E-state index in [1.165, 1.54) is 6.07 Å². The van der Waals surface area contributed by atoms with Crippen LogP contribution in [0.5, 0.6) is 0 Å². The average molecular weight is 422 g/mol. The maximum Gasteiger partial charge on any atom is 0.172 e. The van der Waals surface area contributed by atoms with Gasteiger partial charge in [-0.15, -0.1) is 0 Å². The van der Waals surface area contributed by atoms with Gasteiger partial charge in [-0.2, -0.15) is 5.10 Å². The second-order valence-electron chi connectivity index (χ2n) is 4.60. The quantitative estimate of drug-likeness (QED) is 0.553. The van der Waals surface area contributed by atoms with E-state index < -0.39 is 0 Å². The fourth-order valence-corrected chi connectivity index (χ4v) is 2.66. The molecule has 9 heteroatoms. The Labute approximate surface area is 152 Å². The van der Waals surface area contributed by atoms with Crippen LogP contribution in [0.4, 0.5) is 10.2 Å². The zero-order valence-electron chi connectivity index (χ0n) is 12.3. The predicted octanol–water partition coefficient (Wildman–Crippen LogP) is 3.42. The fourth-order valence-electron chi connectivity index (χ4n) is 1.83. The third kappa shape index (κ3) is 5.13. The molecule has 1 aromatic carbocycles. The molecule has 1 heterocycles. The van der Waals surface area contributed by atoms with Gasteiger partial charge in [0.05, 0.1) is 17.6 Å². The number of ether oxygens (including phenoxy) is 1. The molecular formula is C14H15BrClFN4OS. The molecule has 0 bridgehead atoms. The lowest BCUT2D eigenvalue weighted by Gasteiger charge is -2.08. The van der Waals surface area contributed by atoms with Crippen LogP contribution in [-0.2, 0) is 11.3 Å². The average Bonchev–Trinajstić information content (AvgIpc) is 2.83. The van der Waals surface area contributed by atoms with Crippen LogP contribution in [0.2, 0.25) is 5.02 Å². The first-order valence-electron chi connectivity index (χ1n) is 6.71. The lowest BCUT2D eigenvalue weighted by molar-refractivity contribution is 0.204. The minimum absolute atomic E-state index is 0.218. The maximum absolute atomic E-state index is 13.8. The molecule has 0 saturated carbocycles. The summed E-state index contributed by atoms with van der Waals surface area (Å²) in [6.07, 6.45) is 1.73. The third-order valence-corrected chi connectivity index (χ3v) is 4.10. The highest BCUT2D eigenvalue weighted by Crippen LogP contribution is 2.23. The van der Waals surface area contributed by atoms with Crippen molar-refractivity contribution in [3.8, 4) is 0 Å². The summed E-state index contributed by atoms with van der Waals surface area (Å²) in [6, 6.07) is 4.58. The number of halogens is 3. The van der Waals surface area contributed by atoms with Gasteiger partial charge in [-0.1, -0.05) is 17.7 Å². The Hall–Kier alpha value is -1.22. The standard InChI is InChI=1S/C14H15BrClFN4OS/c1-22-6-5-18-14(23)19-13-10(15)8-21(20-13)7-9-11(16)3-2-4-12(9)17/h2-4,8H,5-7H2,1H3,(H2,18,19,20,23). The summed E-state index contributed by atoms with van der Waals surface area (Å²) in [6.45, 7) is 1.35. The summed E-state index contributed by atoms with van der Waals surface area (Å²) in [4.78, 5) is 0. The molecule has 0 radical (unpaired) electrons. The molecule has 0 amide bonds. The Bertz CT molecular complexity index is 677. The summed E-state index contributed by atoms with van der Waals surface area (Å²) in [5, 5.41) is 11.1. The van der Waals surface area contributed by atoms with Crippen LogP contribution in [0.1, 0.15) is 5.56 Å². The second kappa shape index (κ2) is 8.58. The van der Waals surface area contributed by atoms with E-state index in [-0.39, 0.29) is 12.4 Å². The topological polar surface area (TPSA) is 51.1 Å². The molecule has 0 aliphatic heterocycles. The highest BCUT2D eigenvalue weighted by atomic mass is 79.9. The Morgan fingerprint density at radius 3 is 3.00 bits per heavy atom. The number of hydrogen-bond acceptors (Lipinski definition) is 3. The van der Waals surface area contributed by atoms with Crippen LogP contribution in [-0.4, -0.2) is 35.2 Å². The van der Waals surface area contributed by atoms with Gasteiger partial charge in [-0.05, 0) is 40.3 Å². The number of nitrogens with zero attached hydrogens (tertiary/aromatic N) is 2. The van der Waals surface area contributed by atoms with Crippen molar-refractivity contribution in [1.29, 1.82) is 0 Å². The van der Waals surface area contributed by atoms with Crippen molar-refractivity contribution < 1.29 is 9.13 Å². The molecule has 2 aromatic rings. The highest BCUT2D eigenvalue weighted by molar-refractivity contribution is 9.10. The Balaban J connectivity index is 2.05. The van der Waals surface area contributed by atoms with Crippen LogP contribution in [0, 0.1) is 5.82 Å². The van der Waals surface area contributed by atoms with Gasteiger partial charge in [0.25, 0.3) is 0 Å². The van der Waals surface area contributed by atoms with E-state index in [4.69, 9.17) is 28.6 Å². The van der Waals surface area contributed by atoms with Crippen LogP contribution in [0.3, 0.4) is 0 Å². The van der Waals surface area contributed by atoms with E-state index in [9.17, 15) is 4.39 Å². The van der Waals surface area contributed by atoms with Gasteiger partial charge < -0.3 is 15.4 Å².